The van der Waals surface area contributed by atoms with E-state index >= 15 is 0 Å². The molecule has 2 N–H and O–H groups in total. The number of benzene rings is 1. The molecule has 2 heterocycles. The molecule has 0 saturated carbocycles. The second-order valence-corrected chi connectivity index (χ2v) is 6.96. The smallest absolute Gasteiger partial charge is 0.0931 e. The number of fused-ring (bicyclic) bond motifs is 1. The van der Waals surface area contributed by atoms with Crippen LogP contribution in [0.5, 0.6) is 0 Å². The van der Waals surface area contributed by atoms with Crippen LogP contribution in [0, 0.1) is 11.8 Å². The number of likely N-dealkylation sites (tertiary alicyclic amines) is 1. The Kier molecular flexibility index (Phi) is 6.14. The molecular weight excluding hydrogens is 308 g/mol. The van der Waals surface area contributed by atoms with Crippen LogP contribution in [0.1, 0.15) is 31.0 Å². The summed E-state index contributed by atoms with van der Waals surface area (Å²) in [5.74, 6) is 6.47. The maximum atomic E-state index is 3.73. The van der Waals surface area contributed by atoms with Gasteiger partial charge in [-0.1, -0.05) is 12.0 Å². The van der Waals surface area contributed by atoms with Crippen LogP contribution in [0.4, 0.5) is 0 Å². The summed E-state index contributed by atoms with van der Waals surface area (Å²) in [5.41, 5.74) is 3.74. The lowest BCUT2D eigenvalue weighted by Crippen LogP contribution is -2.40. The van der Waals surface area contributed by atoms with Crippen LogP contribution in [0.3, 0.4) is 0 Å². The highest BCUT2D eigenvalue weighted by molar-refractivity contribution is 5.83. The first-order valence-electron chi connectivity index (χ1n) is 9.38. The lowest BCUT2D eigenvalue weighted by atomic mass is 10.0. The van der Waals surface area contributed by atoms with Crippen molar-refractivity contribution in [2.75, 3.05) is 33.7 Å². The van der Waals surface area contributed by atoms with E-state index in [2.05, 4.69) is 70.2 Å². The van der Waals surface area contributed by atoms with Crippen LogP contribution in [-0.4, -0.2) is 49.2 Å². The van der Waals surface area contributed by atoms with Gasteiger partial charge in [0.15, 0.2) is 0 Å². The third-order valence-electron chi connectivity index (χ3n) is 5.08. The summed E-state index contributed by atoms with van der Waals surface area (Å²) in [5, 5.41) is 8.10. The number of nitrogens with one attached hydrogen (secondary N) is 2. The van der Waals surface area contributed by atoms with Gasteiger partial charge >= 0.3 is 0 Å². The third-order valence-corrected chi connectivity index (χ3v) is 5.08. The van der Waals surface area contributed by atoms with Crippen LogP contribution in [0.2, 0.25) is 0 Å². The number of hydrogen-bond donors (Lipinski definition) is 2. The Bertz CT molecular complexity index is 757. The molecular formula is C21H30N4. The van der Waals surface area contributed by atoms with Crippen molar-refractivity contribution in [1.29, 1.82) is 0 Å². The van der Waals surface area contributed by atoms with E-state index in [4.69, 9.17) is 0 Å². The molecule has 0 aliphatic carbocycles. The standard InChI is InChI=1S/C21H30N4/c1-4-25-20(6-5-11-22-2)15-18-14-17(7-8-21(18)25)16-23-19-9-12-24(3)13-10-19/h7-8,14-15,19,22-23H,4,9-13,16H2,1-3H3. The predicted molar refractivity (Wildman–Crippen MR) is 106 cm³/mol. The number of hydrogen-bond acceptors (Lipinski definition) is 3. The van der Waals surface area contributed by atoms with E-state index in [9.17, 15) is 0 Å². The van der Waals surface area contributed by atoms with Gasteiger partial charge in [0.05, 0.1) is 12.2 Å². The van der Waals surface area contributed by atoms with Crippen LogP contribution in [0.25, 0.3) is 10.9 Å². The zero-order valence-corrected chi connectivity index (χ0v) is 15.7. The van der Waals surface area contributed by atoms with Crippen molar-refractivity contribution in [2.45, 2.75) is 38.9 Å². The number of nitrogens with zero attached hydrogens (tertiary/aromatic N) is 2. The third kappa shape index (κ3) is 4.43. The number of piperidine rings is 1. The quantitative estimate of drug-likeness (QED) is 0.821. The Balaban J connectivity index is 1.72. The summed E-state index contributed by atoms with van der Waals surface area (Å²) in [6.07, 6.45) is 2.49. The Morgan fingerprint density at radius 3 is 2.72 bits per heavy atom. The van der Waals surface area contributed by atoms with Crippen LogP contribution < -0.4 is 10.6 Å². The first kappa shape index (κ1) is 18.0. The lowest BCUT2D eigenvalue weighted by Gasteiger charge is -2.29. The van der Waals surface area contributed by atoms with Gasteiger partial charge in [-0.05, 0) is 76.6 Å². The van der Waals surface area contributed by atoms with E-state index in [-0.39, 0.29) is 0 Å². The molecule has 25 heavy (non-hydrogen) atoms. The van der Waals surface area contributed by atoms with Crippen molar-refractivity contribution < 1.29 is 0 Å². The summed E-state index contributed by atoms with van der Waals surface area (Å²) in [6, 6.07) is 9.68. The molecule has 0 bridgehead atoms. The van der Waals surface area contributed by atoms with Crippen LogP contribution in [0.15, 0.2) is 24.3 Å². The zero-order valence-electron chi connectivity index (χ0n) is 15.7. The Hall–Kier alpha value is -1.80. The van der Waals surface area contributed by atoms with E-state index < -0.39 is 0 Å². The minimum Gasteiger partial charge on any atom is -0.334 e. The average molecular weight is 338 g/mol. The van der Waals surface area contributed by atoms with Gasteiger partial charge in [-0.15, -0.1) is 0 Å². The van der Waals surface area contributed by atoms with Crippen molar-refractivity contribution in [3.63, 3.8) is 0 Å². The topological polar surface area (TPSA) is 32.2 Å². The first-order valence-corrected chi connectivity index (χ1v) is 9.38. The number of aromatic nitrogens is 1. The summed E-state index contributed by atoms with van der Waals surface area (Å²) in [6.45, 7) is 7.19. The van der Waals surface area contributed by atoms with Crippen LogP contribution in [-0.2, 0) is 13.1 Å². The molecule has 1 aliphatic heterocycles. The second-order valence-electron chi connectivity index (χ2n) is 6.96. The van der Waals surface area contributed by atoms with Crippen LogP contribution >= 0.6 is 0 Å². The van der Waals surface area contributed by atoms with Crippen molar-refractivity contribution in [3.05, 3.63) is 35.5 Å². The van der Waals surface area contributed by atoms with E-state index in [0.717, 1.165) is 25.3 Å². The van der Waals surface area contributed by atoms with E-state index in [1.54, 1.807) is 0 Å². The summed E-state index contributed by atoms with van der Waals surface area (Å²) in [7, 11) is 4.13. The Labute approximate surface area is 151 Å². The number of rotatable bonds is 5. The fraction of sp³-hybridized carbons (Fsp3) is 0.524. The normalized spacial score (nSPS) is 16.1. The fourth-order valence-corrected chi connectivity index (χ4v) is 3.57. The van der Waals surface area contributed by atoms with Gasteiger partial charge in [-0.25, -0.2) is 0 Å². The van der Waals surface area contributed by atoms with Gasteiger partial charge < -0.3 is 20.1 Å². The van der Waals surface area contributed by atoms with Gasteiger partial charge in [0.1, 0.15) is 0 Å². The van der Waals surface area contributed by atoms with Crippen molar-refractivity contribution >= 4 is 10.9 Å². The highest BCUT2D eigenvalue weighted by Gasteiger charge is 2.16. The molecule has 1 saturated heterocycles. The van der Waals surface area contributed by atoms with E-state index in [1.165, 1.54) is 42.4 Å². The van der Waals surface area contributed by atoms with E-state index in [1.807, 2.05) is 7.05 Å². The SMILES string of the molecule is CCn1c(C#CCNC)cc2cc(CNC3CCN(C)CC3)ccc21. The molecule has 0 radical (unpaired) electrons. The maximum absolute atomic E-state index is 3.73. The maximum Gasteiger partial charge on any atom is 0.0931 e. The molecule has 134 valence electrons. The molecule has 4 nitrogen and oxygen atoms in total. The molecule has 0 spiro atoms. The first-order chi connectivity index (χ1) is 12.2. The van der Waals surface area contributed by atoms with Crippen molar-refractivity contribution in [2.24, 2.45) is 0 Å². The molecule has 3 rings (SSSR count). The molecule has 4 heteroatoms. The monoisotopic (exact) mass is 338 g/mol. The van der Waals surface area contributed by atoms with Gasteiger partial charge in [0.2, 0.25) is 0 Å². The summed E-state index contributed by atoms with van der Waals surface area (Å²) < 4.78 is 2.30. The van der Waals surface area contributed by atoms with E-state index in [0.29, 0.717) is 6.04 Å². The fourth-order valence-electron chi connectivity index (χ4n) is 3.57. The minimum absolute atomic E-state index is 0.648. The average Bonchev–Trinajstić information content (AvgIpc) is 2.98. The molecule has 0 unspecified atom stereocenters. The molecule has 1 aliphatic rings. The van der Waals surface area contributed by atoms with Gasteiger partial charge in [0, 0.05) is 30.0 Å². The molecule has 0 atom stereocenters. The highest BCUT2D eigenvalue weighted by atomic mass is 15.1. The molecule has 0 amide bonds. The Morgan fingerprint density at radius 2 is 2.00 bits per heavy atom. The summed E-state index contributed by atoms with van der Waals surface area (Å²) in [4.78, 5) is 2.41. The number of aryl methyl sites for hydroxylation is 1. The van der Waals surface area contributed by atoms with Gasteiger partial charge in [-0.2, -0.15) is 0 Å². The molecule has 1 aromatic carbocycles. The lowest BCUT2D eigenvalue weighted by molar-refractivity contribution is 0.234. The van der Waals surface area contributed by atoms with Gasteiger partial charge in [0.25, 0.3) is 0 Å². The van der Waals surface area contributed by atoms with Crippen molar-refractivity contribution in [1.82, 2.24) is 20.1 Å². The zero-order chi connectivity index (χ0) is 17.6. The Morgan fingerprint density at radius 1 is 1.20 bits per heavy atom. The molecule has 1 aromatic heterocycles. The highest BCUT2D eigenvalue weighted by Crippen LogP contribution is 2.21. The molecule has 1 fully saturated rings. The van der Waals surface area contributed by atoms with Crippen molar-refractivity contribution in [3.8, 4) is 11.8 Å². The summed E-state index contributed by atoms with van der Waals surface area (Å²) >= 11 is 0. The predicted octanol–water partition coefficient (Wildman–Crippen LogP) is 2.42. The van der Waals surface area contributed by atoms with Gasteiger partial charge in [-0.3, -0.25) is 0 Å². The minimum atomic E-state index is 0.648. The second kappa shape index (κ2) is 8.53. The largest absolute Gasteiger partial charge is 0.334 e. The molecule has 2 aromatic rings.